The maximum atomic E-state index is 13.4. The number of hydrogen-bond donors (Lipinski definition) is 0. The van der Waals surface area contributed by atoms with Gasteiger partial charge >= 0.3 is 17.4 Å². The highest BCUT2D eigenvalue weighted by Gasteiger charge is 2.51. The number of urea groups is 1. The minimum absolute atomic E-state index is 0.0151. The Morgan fingerprint density at radius 2 is 1.74 bits per heavy atom. The highest BCUT2D eigenvalue weighted by molar-refractivity contribution is 6.76. The molecule has 2 aromatic rings. The van der Waals surface area contributed by atoms with Crippen molar-refractivity contribution in [1.29, 1.82) is 0 Å². The number of aromatic nitrogens is 4. The summed E-state index contributed by atoms with van der Waals surface area (Å²) in [6, 6.07) is 0.460. The molecule has 0 bridgehead atoms. The summed E-state index contributed by atoms with van der Waals surface area (Å²) < 4.78 is 10.2. The molecule has 1 saturated carbocycles. The molecule has 11 nitrogen and oxygen atoms in total. The fourth-order valence-corrected chi connectivity index (χ4v) is 6.35. The first-order valence-electron chi connectivity index (χ1n) is 14.3. The minimum Gasteiger partial charge on any atom is -0.361 e. The van der Waals surface area contributed by atoms with Crippen molar-refractivity contribution in [3.05, 3.63) is 33.4 Å². The number of ether oxygens (including phenoxy) is 1. The lowest BCUT2D eigenvalue weighted by Crippen LogP contribution is -2.48. The zero-order valence-corrected chi connectivity index (χ0v) is 25.3. The van der Waals surface area contributed by atoms with Crippen LogP contribution in [0.4, 0.5) is 4.79 Å². The first-order valence-corrected chi connectivity index (χ1v) is 18.0. The molecule has 0 unspecified atom stereocenters. The van der Waals surface area contributed by atoms with Gasteiger partial charge in [-0.05, 0) is 57.9 Å². The summed E-state index contributed by atoms with van der Waals surface area (Å²) in [5, 5.41) is 0. The third-order valence-electron chi connectivity index (χ3n) is 8.19. The largest absolute Gasteiger partial charge is 0.361 e. The highest BCUT2D eigenvalue weighted by Crippen LogP contribution is 2.35. The lowest BCUT2D eigenvalue weighted by molar-refractivity contribution is -0.135. The van der Waals surface area contributed by atoms with Crippen molar-refractivity contribution in [3.63, 3.8) is 0 Å². The lowest BCUT2D eigenvalue weighted by Gasteiger charge is -2.35. The molecule has 2 fully saturated rings. The molecule has 4 rings (SSSR count). The number of imide groups is 1. The van der Waals surface area contributed by atoms with Gasteiger partial charge in [-0.2, -0.15) is 0 Å². The van der Waals surface area contributed by atoms with Gasteiger partial charge in [0.15, 0.2) is 0 Å². The molecule has 12 heteroatoms. The number of aryl methyl sites for hydroxylation is 1. The van der Waals surface area contributed by atoms with Crippen LogP contribution in [0, 0.1) is 5.92 Å². The maximum Gasteiger partial charge on any atom is 0.339 e. The molecule has 3 heterocycles. The van der Waals surface area contributed by atoms with E-state index < -0.39 is 13.6 Å². The molecule has 2 aromatic heterocycles. The van der Waals surface area contributed by atoms with Gasteiger partial charge in [-0.3, -0.25) is 9.36 Å². The summed E-state index contributed by atoms with van der Waals surface area (Å²) in [6.45, 7) is 13.9. The molecule has 0 atom stereocenters. The van der Waals surface area contributed by atoms with E-state index in [4.69, 9.17) is 4.74 Å². The van der Waals surface area contributed by atoms with E-state index in [9.17, 15) is 19.2 Å². The van der Waals surface area contributed by atoms with Crippen LogP contribution >= 0.6 is 0 Å². The lowest BCUT2D eigenvalue weighted by atomic mass is 9.85. The van der Waals surface area contributed by atoms with Crippen LogP contribution in [0.3, 0.4) is 0 Å². The van der Waals surface area contributed by atoms with E-state index in [1.165, 1.54) is 13.9 Å². The average molecular weight is 561 g/mol. The minimum atomic E-state index is -1.27. The quantitative estimate of drug-likeness (QED) is 0.236. The van der Waals surface area contributed by atoms with E-state index in [0.29, 0.717) is 38.3 Å². The van der Waals surface area contributed by atoms with E-state index in [1.807, 2.05) is 0 Å². The van der Waals surface area contributed by atoms with E-state index in [-0.39, 0.29) is 42.0 Å². The number of amides is 3. The van der Waals surface area contributed by atoms with Gasteiger partial charge in [-0.15, -0.1) is 0 Å². The zero-order chi connectivity index (χ0) is 28.5. The summed E-state index contributed by atoms with van der Waals surface area (Å²) in [4.78, 5) is 60.1. The van der Waals surface area contributed by atoms with Gasteiger partial charge in [-0.1, -0.05) is 33.0 Å². The first kappa shape index (κ1) is 29.3. The fraction of sp³-hybridized carbons (Fsp3) is 0.741. The topological polar surface area (TPSA) is 111 Å². The molecule has 0 N–H and O–H groups in total. The maximum absolute atomic E-state index is 13.4. The van der Waals surface area contributed by atoms with E-state index in [2.05, 4.69) is 31.5 Å². The third kappa shape index (κ3) is 5.91. The second-order valence-electron chi connectivity index (χ2n) is 12.7. The molecular formula is C27H44N6O5Si. The number of carbonyl (C=O) groups excluding carboxylic acids is 2. The summed E-state index contributed by atoms with van der Waals surface area (Å²) in [7, 11) is -1.27. The Hall–Kier alpha value is -2.73. The molecule has 0 radical (unpaired) electrons. The average Bonchev–Trinajstić information content (AvgIpc) is 3.42. The van der Waals surface area contributed by atoms with Crippen LogP contribution in [0.15, 0.2) is 22.0 Å². The van der Waals surface area contributed by atoms with Gasteiger partial charge in [0.1, 0.15) is 12.3 Å². The number of fused-ring (bicyclic) bond motifs is 1. The van der Waals surface area contributed by atoms with Crippen LogP contribution in [-0.2, 0) is 16.1 Å². The molecule has 1 aliphatic heterocycles. The molecule has 1 saturated heterocycles. The van der Waals surface area contributed by atoms with E-state index >= 15 is 0 Å². The number of hydrogen-bond acceptors (Lipinski definition) is 6. The summed E-state index contributed by atoms with van der Waals surface area (Å²) in [6.07, 6.45) is 7.76. The molecular weight excluding hydrogens is 516 g/mol. The van der Waals surface area contributed by atoms with Crippen molar-refractivity contribution >= 4 is 25.8 Å². The normalized spacial score (nSPS) is 21.9. The zero-order valence-electron chi connectivity index (χ0n) is 24.3. The van der Waals surface area contributed by atoms with Crippen LogP contribution < -0.4 is 11.4 Å². The Labute approximate surface area is 230 Å². The summed E-state index contributed by atoms with van der Waals surface area (Å²) in [5.74, 6) is 0.332. The van der Waals surface area contributed by atoms with Crippen molar-refractivity contribution in [2.24, 2.45) is 5.92 Å². The van der Waals surface area contributed by atoms with Crippen LogP contribution in [0.25, 0.3) is 5.78 Å². The number of carbonyl (C=O) groups is 2. The molecule has 0 spiro atoms. The monoisotopic (exact) mass is 560 g/mol. The SMILES string of the molecule is CCCCn1c(=O)n(C2CCC(CN3C(=O)N(COCC[Si](C)(C)C)C(=O)C3(C)C)CC2)c(=O)n2ccnc12. The first-order chi connectivity index (χ1) is 18.4. The Morgan fingerprint density at radius 3 is 2.38 bits per heavy atom. The van der Waals surface area contributed by atoms with Crippen molar-refractivity contribution in [3.8, 4) is 0 Å². The highest BCUT2D eigenvalue weighted by atomic mass is 28.3. The van der Waals surface area contributed by atoms with Crippen molar-refractivity contribution in [2.45, 2.75) is 103 Å². The van der Waals surface area contributed by atoms with Crippen LogP contribution in [0.2, 0.25) is 25.7 Å². The Kier molecular flexibility index (Phi) is 8.55. The summed E-state index contributed by atoms with van der Waals surface area (Å²) in [5.41, 5.74) is -1.59. The molecule has 1 aliphatic carbocycles. The van der Waals surface area contributed by atoms with Gasteiger partial charge in [0, 0.05) is 46.2 Å². The van der Waals surface area contributed by atoms with Gasteiger partial charge in [0.05, 0.1) is 0 Å². The predicted octanol–water partition coefficient (Wildman–Crippen LogP) is 3.54. The number of nitrogens with zero attached hydrogens (tertiary/aromatic N) is 6. The Balaban J connectivity index is 1.42. The van der Waals surface area contributed by atoms with Gasteiger partial charge < -0.3 is 9.64 Å². The molecule has 39 heavy (non-hydrogen) atoms. The molecule has 2 aliphatic rings. The number of rotatable bonds is 11. The molecule has 0 aromatic carbocycles. The van der Waals surface area contributed by atoms with Crippen LogP contribution in [0.1, 0.15) is 65.3 Å². The molecule has 3 amide bonds. The van der Waals surface area contributed by atoms with Crippen molar-refractivity contribution in [2.75, 3.05) is 19.9 Å². The second kappa shape index (κ2) is 11.4. The Morgan fingerprint density at radius 1 is 1.05 bits per heavy atom. The predicted molar refractivity (Wildman–Crippen MR) is 152 cm³/mol. The smallest absolute Gasteiger partial charge is 0.339 e. The van der Waals surface area contributed by atoms with E-state index in [1.54, 1.807) is 35.7 Å². The van der Waals surface area contributed by atoms with Crippen LogP contribution in [-0.4, -0.2) is 73.8 Å². The number of unbranched alkanes of at least 4 members (excludes halogenated alkanes) is 1. The third-order valence-corrected chi connectivity index (χ3v) is 9.90. The molecule has 216 valence electrons. The van der Waals surface area contributed by atoms with Gasteiger partial charge in [0.2, 0.25) is 5.78 Å². The fourth-order valence-electron chi connectivity index (χ4n) is 5.60. The van der Waals surface area contributed by atoms with Crippen LogP contribution in [0.5, 0.6) is 0 Å². The second-order valence-corrected chi connectivity index (χ2v) is 18.4. The van der Waals surface area contributed by atoms with E-state index in [0.717, 1.165) is 31.7 Å². The van der Waals surface area contributed by atoms with Crippen molar-refractivity contribution < 1.29 is 14.3 Å². The Bertz CT molecular complexity index is 1310. The number of imidazole rings is 1. The summed E-state index contributed by atoms with van der Waals surface area (Å²) >= 11 is 0. The van der Waals surface area contributed by atoms with Gasteiger partial charge in [-0.25, -0.2) is 33.2 Å². The standard InChI is InChI=1S/C27H44N6O5Si/c1-7-8-14-29-23-28-13-15-30(23)26(37)33(25(29)36)21-11-9-20(10-12-21)18-32-24(35)31(22(34)27(32,2)3)19-38-16-17-39(4,5)6/h13,15,20-21H,7-12,14,16-19H2,1-6H3. The van der Waals surface area contributed by atoms with Crippen molar-refractivity contribution in [1.82, 2.24) is 28.3 Å². The van der Waals surface area contributed by atoms with Gasteiger partial charge in [0.25, 0.3) is 5.91 Å².